The number of benzene rings is 2. The Balaban J connectivity index is 1.75. The third-order valence-corrected chi connectivity index (χ3v) is 5.29. The van der Waals surface area contributed by atoms with E-state index in [2.05, 4.69) is 0 Å². The molecule has 6 heteroatoms. The van der Waals surface area contributed by atoms with E-state index >= 15 is 0 Å². The molecule has 0 aliphatic heterocycles. The maximum absolute atomic E-state index is 13.0. The molecule has 2 unspecified atom stereocenters. The predicted octanol–water partition coefficient (Wildman–Crippen LogP) is 3.48. The summed E-state index contributed by atoms with van der Waals surface area (Å²) in [5.41, 5.74) is 1.89. The van der Waals surface area contributed by atoms with Crippen LogP contribution in [0.1, 0.15) is 23.5 Å². The second kappa shape index (κ2) is 8.63. The number of methoxy groups -OCH3 is 2. The first kappa shape index (κ1) is 19.5. The number of halogens is 1. The van der Waals surface area contributed by atoms with E-state index in [1.54, 1.807) is 25.2 Å². The zero-order valence-electron chi connectivity index (χ0n) is 15.5. The van der Waals surface area contributed by atoms with Crippen LogP contribution in [0.4, 0.5) is 0 Å². The highest BCUT2D eigenvalue weighted by Gasteiger charge is 2.46. The van der Waals surface area contributed by atoms with Gasteiger partial charge in [-0.1, -0.05) is 29.8 Å². The Labute approximate surface area is 164 Å². The number of hydrogen-bond acceptors (Lipinski definition) is 4. The van der Waals surface area contributed by atoms with Gasteiger partial charge in [0.25, 0.3) is 0 Å². The van der Waals surface area contributed by atoms with Crippen molar-refractivity contribution in [2.45, 2.75) is 18.9 Å². The van der Waals surface area contributed by atoms with E-state index in [4.69, 9.17) is 21.1 Å². The van der Waals surface area contributed by atoms with Crippen LogP contribution in [-0.2, 0) is 11.3 Å². The fourth-order valence-corrected chi connectivity index (χ4v) is 3.67. The van der Waals surface area contributed by atoms with Gasteiger partial charge in [-0.25, -0.2) is 0 Å². The van der Waals surface area contributed by atoms with E-state index in [0.717, 1.165) is 17.5 Å². The summed E-state index contributed by atoms with van der Waals surface area (Å²) < 4.78 is 10.7. The van der Waals surface area contributed by atoms with Crippen LogP contribution in [0.15, 0.2) is 42.5 Å². The molecule has 2 aromatic carbocycles. The molecule has 0 spiro atoms. The van der Waals surface area contributed by atoms with Crippen LogP contribution in [0.25, 0.3) is 0 Å². The van der Waals surface area contributed by atoms with Gasteiger partial charge in [-0.2, -0.15) is 0 Å². The first-order valence-corrected chi connectivity index (χ1v) is 9.31. The lowest BCUT2D eigenvalue weighted by molar-refractivity contribution is -0.133. The molecule has 0 aromatic heterocycles. The van der Waals surface area contributed by atoms with Gasteiger partial charge < -0.3 is 19.5 Å². The number of nitrogens with zero attached hydrogens (tertiary/aromatic N) is 1. The van der Waals surface area contributed by atoms with Gasteiger partial charge in [0.15, 0.2) is 0 Å². The number of carbonyl (C=O) groups is 1. The lowest BCUT2D eigenvalue weighted by atomic mass is 10.1. The molecule has 1 fully saturated rings. The Morgan fingerprint density at radius 2 is 2.00 bits per heavy atom. The second-order valence-electron chi connectivity index (χ2n) is 6.63. The van der Waals surface area contributed by atoms with E-state index < -0.39 is 0 Å². The third kappa shape index (κ3) is 4.37. The van der Waals surface area contributed by atoms with Crippen LogP contribution in [-0.4, -0.2) is 43.3 Å². The van der Waals surface area contributed by atoms with Gasteiger partial charge in [-0.15, -0.1) is 0 Å². The summed E-state index contributed by atoms with van der Waals surface area (Å²) in [4.78, 5) is 14.7. The fraction of sp³-hybridized carbons (Fsp3) is 0.381. The normalized spacial score (nSPS) is 18.1. The van der Waals surface area contributed by atoms with Crippen molar-refractivity contribution in [3.63, 3.8) is 0 Å². The minimum absolute atomic E-state index is 0.0341. The van der Waals surface area contributed by atoms with Crippen LogP contribution in [0.5, 0.6) is 11.5 Å². The van der Waals surface area contributed by atoms with Crippen molar-refractivity contribution in [1.82, 2.24) is 4.90 Å². The maximum Gasteiger partial charge on any atom is 0.226 e. The quantitative estimate of drug-likeness (QED) is 0.750. The van der Waals surface area contributed by atoms with E-state index in [-0.39, 0.29) is 30.9 Å². The highest BCUT2D eigenvalue weighted by atomic mass is 35.5. The van der Waals surface area contributed by atoms with E-state index in [1.165, 1.54) is 0 Å². The number of ether oxygens (including phenoxy) is 2. The highest BCUT2D eigenvalue weighted by Crippen LogP contribution is 2.50. The summed E-state index contributed by atoms with van der Waals surface area (Å²) in [5.74, 6) is 1.43. The summed E-state index contributed by atoms with van der Waals surface area (Å²) in [6, 6.07) is 13.2. The largest absolute Gasteiger partial charge is 0.497 e. The molecule has 0 saturated heterocycles. The molecule has 1 saturated carbocycles. The Morgan fingerprint density at radius 3 is 2.67 bits per heavy atom. The molecule has 5 nitrogen and oxygen atoms in total. The smallest absolute Gasteiger partial charge is 0.226 e. The molecule has 0 radical (unpaired) electrons. The summed E-state index contributed by atoms with van der Waals surface area (Å²) in [6.07, 6.45) is 0.782. The van der Waals surface area contributed by atoms with Crippen molar-refractivity contribution < 1.29 is 19.4 Å². The van der Waals surface area contributed by atoms with Gasteiger partial charge >= 0.3 is 0 Å². The molecule has 2 atom stereocenters. The van der Waals surface area contributed by atoms with Crippen molar-refractivity contribution in [3.8, 4) is 11.5 Å². The van der Waals surface area contributed by atoms with Crippen LogP contribution < -0.4 is 9.47 Å². The van der Waals surface area contributed by atoms with Gasteiger partial charge in [-0.3, -0.25) is 4.79 Å². The molecule has 1 N–H and O–H groups in total. The number of aliphatic hydroxyl groups excluding tert-OH is 1. The first-order valence-electron chi connectivity index (χ1n) is 8.94. The van der Waals surface area contributed by atoms with Crippen molar-refractivity contribution in [3.05, 3.63) is 58.6 Å². The average Bonchev–Trinajstić information content (AvgIpc) is 3.48. The van der Waals surface area contributed by atoms with Crippen LogP contribution in [0, 0.1) is 5.92 Å². The van der Waals surface area contributed by atoms with Crippen molar-refractivity contribution in [2.75, 3.05) is 27.4 Å². The SMILES string of the molecule is COc1ccc(CN(CCO)C(=O)C2CC2c2ccccc2Cl)c(OC)c1. The summed E-state index contributed by atoms with van der Waals surface area (Å²) in [7, 11) is 3.18. The second-order valence-corrected chi connectivity index (χ2v) is 7.04. The summed E-state index contributed by atoms with van der Waals surface area (Å²) in [5, 5.41) is 10.1. The molecule has 1 aliphatic rings. The summed E-state index contributed by atoms with van der Waals surface area (Å²) >= 11 is 6.27. The number of hydrogen-bond donors (Lipinski definition) is 1. The van der Waals surface area contributed by atoms with Gasteiger partial charge in [-0.05, 0) is 36.1 Å². The Kier molecular flexibility index (Phi) is 6.24. The first-order chi connectivity index (χ1) is 13.1. The van der Waals surface area contributed by atoms with Crippen molar-refractivity contribution in [2.24, 2.45) is 5.92 Å². The van der Waals surface area contributed by atoms with Gasteiger partial charge in [0, 0.05) is 35.7 Å². The minimum atomic E-state index is -0.0966. The Bertz CT molecular complexity index is 811. The fourth-order valence-electron chi connectivity index (χ4n) is 3.40. The Morgan fingerprint density at radius 1 is 1.22 bits per heavy atom. The number of amides is 1. The predicted molar refractivity (Wildman–Crippen MR) is 104 cm³/mol. The molecule has 27 heavy (non-hydrogen) atoms. The topological polar surface area (TPSA) is 59.0 Å². The van der Waals surface area contributed by atoms with Gasteiger partial charge in [0.2, 0.25) is 5.91 Å². The molecular weight excluding hydrogens is 366 g/mol. The number of rotatable bonds is 8. The number of aliphatic hydroxyl groups is 1. The monoisotopic (exact) mass is 389 g/mol. The minimum Gasteiger partial charge on any atom is -0.497 e. The van der Waals surface area contributed by atoms with Gasteiger partial charge in [0.05, 0.1) is 20.8 Å². The summed E-state index contributed by atoms with van der Waals surface area (Å²) in [6.45, 7) is 0.561. The highest BCUT2D eigenvalue weighted by molar-refractivity contribution is 6.31. The van der Waals surface area contributed by atoms with Crippen LogP contribution in [0.2, 0.25) is 5.02 Å². The lowest BCUT2D eigenvalue weighted by Crippen LogP contribution is -2.34. The molecule has 2 aromatic rings. The van der Waals surface area contributed by atoms with Crippen LogP contribution >= 0.6 is 11.6 Å². The molecule has 1 aliphatic carbocycles. The van der Waals surface area contributed by atoms with Crippen LogP contribution in [0.3, 0.4) is 0 Å². The maximum atomic E-state index is 13.0. The molecule has 0 heterocycles. The number of carbonyl (C=O) groups excluding carboxylic acids is 1. The van der Waals surface area contributed by atoms with E-state index in [9.17, 15) is 9.90 Å². The molecule has 1 amide bonds. The standard InChI is InChI=1S/C21H24ClNO4/c1-26-15-8-7-14(20(11-15)27-2)13-23(9-10-24)21(25)18-12-17(18)16-5-3-4-6-19(16)22/h3-8,11,17-18,24H,9-10,12-13H2,1-2H3. The van der Waals surface area contributed by atoms with Crippen molar-refractivity contribution >= 4 is 17.5 Å². The molecule has 144 valence electrons. The van der Waals surface area contributed by atoms with E-state index in [0.29, 0.717) is 23.1 Å². The van der Waals surface area contributed by atoms with E-state index in [1.807, 2.05) is 36.4 Å². The van der Waals surface area contributed by atoms with Crippen molar-refractivity contribution in [1.29, 1.82) is 0 Å². The lowest BCUT2D eigenvalue weighted by Gasteiger charge is -2.23. The Hall–Kier alpha value is -2.24. The third-order valence-electron chi connectivity index (χ3n) is 4.95. The molecule has 0 bridgehead atoms. The molecular formula is C21H24ClNO4. The average molecular weight is 390 g/mol. The zero-order valence-corrected chi connectivity index (χ0v) is 16.3. The van der Waals surface area contributed by atoms with Gasteiger partial charge in [0.1, 0.15) is 11.5 Å². The zero-order chi connectivity index (χ0) is 19.4. The molecule has 3 rings (SSSR count).